The summed E-state index contributed by atoms with van der Waals surface area (Å²) in [4.78, 5) is 12.4. The van der Waals surface area contributed by atoms with Crippen LogP contribution in [0.25, 0.3) is 0 Å². The fourth-order valence-electron chi connectivity index (χ4n) is 9.33. The van der Waals surface area contributed by atoms with Gasteiger partial charge in [0.2, 0.25) is 0 Å². The lowest BCUT2D eigenvalue weighted by Gasteiger charge is -2.62. The molecule has 0 aromatic rings. The normalized spacial score (nSPS) is 38.7. The number of aliphatic hydroxyl groups is 1. The molecule has 39 heavy (non-hydrogen) atoms. The van der Waals surface area contributed by atoms with Gasteiger partial charge in [0, 0.05) is 17.2 Å². The predicted molar refractivity (Wildman–Crippen MR) is 147 cm³/mol. The van der Waals surface area contributed by atoms with E-state index in [1.807, 2.05) is 6.08 Å². The Labute approximate surface area is 239 Å². The summed E-state index contributed by atoms with van der Waals surface area (Å²) in [6.45, 7) is 3.69. The van der Waals surface area contributed by atoms with Crippen LogP contribution in [0.5, 0.6) is 0 Å². The number of rotatable bonds is 11. The second kappa shape index (κ2) is 11.6. The van der Waals surface area contributed by atoms with Crippen molar-refractivity contribution in [1.29, 1.82) is 0 Å². The number of hydrogen-bond acceptors (Lipinski definition) is 2. The summed E-state index contributed by atoms with van der Waals surface area (Å²) in [6, 6.07) is 0. The summed E-state index contributed by atoms with van der Waals surface area (Å²) >= 11 is 3.46. The van der Waals surface area contributed by atoms with Crippen LogP contribution >= 0.6 is 15.9 Å². The van der Waals surface area contributed by atoms with Crippen LogP contribution in [-0.2, 0) is 4.79 Å². The lowest BCUT2D eigenvalue weighted by atomic mass is 9.43. The average molecular weight is 626 g/mol. The molecule has 3 fully saturated rings. The van der Waals surface area contributed by atoms with Gasteiger partial charge in [-0.25, -0.2) is 0 Å². The molecule has 4 rings (SSSR count). The van der Waals surface area contributed by atoms with Gasteiger partial charge in [-0.15, -0.1) is 0 Å². The minimum Gasteiger partial charge on any atom is -0.383 e. The van der Waals surface area contributed by atoms with E-state index in [4.69, 9.17) is 0 Å². The molecule has 3 saturated carbocycles. The minimum atomic E-state index is -5.79. The number of halogens is 6. The van der Waals surface area contributed by atoms with Gasteiger partial charge in [-0.3, -0.25) is 4.79 Å². The van der Waals surface area contributed by atoms with Gasteiger partial charge in [0.1, 0.15) is 5.60 Å². The highest BCUT2D eigenvalue weighted by molar-refractivity contribution is 9.09. The summed E-state index contributed by atoms with van der Waals surface area (Å²) in [7, 11) is 0. The maximum atomic E-state index is 14.9. The van der Waals surface area contributed by atoms with Gasteiger partial charge in [0.25, 0.3) is 0 Å². The first kappa shape index (κ1) is 31.4. The van der Waals surface area contributed by atoms with Crippen LogP contribution in [0.1, 0.15) is 117 Å². The number of allylic oxidation sites excluding steroid dienone is 1. The van der Waals surface area contributed by atoms with Crippen LogP contribution in [0.2, 0.25) is 0 Å². The van der Waals surface area contributed by atoms with E-state index in [9.17, 15) is 31.9 Å². The summed E-state index contributed by atoms with van der Waals surface area (Å²) in [5.74, 6) is -5.12. The van der Waals surface area contributed by atoms with Crippen molar-refractivity contribution in [1.82, 2.24) is 0 Å². The van der Waals surface area contributed by atoms with E-state index < -0.39 is 29.5 Å². The van der Waals surface area contributed by atoms with Gasteiger partial charge >= 0.3 is 12.1 Å². The maximum Gasteiger partial charge on any atom is 0.456 e. The first-order valence-corrected chi connectivity index (χ1v) is 16.3. The third kappa shape index (κ3) is 5.41. The summed E-state index contributed by atoms with van der Waals surface area (Å²) in [5.41, 5.74) is -3.65. The van der Waals surface area contributed by atoms with Crippen molar-refractivity contribution in [3.05, 3.63) is 11.6 Å². The summed E-state index contributed by atoms with van der Waals surface area (Å²) in [5, 5.41) is 12.3. The molecule has 224 valence electrons. The van der Waals surface area contributed by atoms with Crippen LogP contribution in [0.15, 0.2) is 11.6 Å². The van der Waals surface area contributed by atoms with Crippen molar-refractivity contribution in [2.24, 2.45) is 34.5 Å². The summed E-state index contributed by atoms with van der Waals surface area (Å²) in [6.07, 6.45) is 8.47. The van der Waals surface area contributed by atoms with E-state index in [0.717, 1.165) is 43.0 Å². The first-order valence-electron chi connectivity index (χ1n) is 15.2. The monoisotopic (exact) mass is 624 g/mol. The SMILES string of the molecule is C[C@]12CCC(=O)C=C1CC(CCCCCCCCCCBr)[C@@H]1[C@H]2CC[C@@]2(C)[C@H]1CCC2(O)C(F)(F)C(F)(F)F. The zero-order valence-electron chi connectivity index (χ0n) is 23.5. The minimum absolute atomic E-state index is 0.0126. The average Bonchev–Trinajstić information content (AvgIpc) is 3.15. The van der Waals surface area contributed by atoms with E-state index in [1.165, 1.54) is 39.0 Å². The molecule has 7 atom stereocenters. The first-order chi connectivity index (χ1) is 18.2. The van der Waals surface area contributed by atoms with Crippen LogP contribution in [0.4, 0.5) is 22.0 Å². The van der Waals surface area contributed by atoms with Crippen molar-refractivity contribution in [2.45, 2.75) is 134 Å². The fraction of sp³-hybridized carbons (Fsp3) is 0.903. The van der Waals surface area contributed by atoms with E-state index >= 15 is 0 Å². The smallest absolute Gasteiger partial charge is 0.383 e. The lowest BCUT2D eigenvalue weighted by molar-refractivity contribution is -0.364. The zero-order valence-corrected chi connectivity index (χ0v) is 25.1. The number of carbonyl (C=O) groups is 1. The highest BCUT2D eigenvalue weighted by Gasteiger charge is 2.79. The maximum absolute atomic E-state index is 14.9. The molecule has 4 aliphatic carbocycles. The molecule has 0 amide bonds. The van der Waals surface area contributed by atoms with Gasteiger partial charge in [0.05, 0.1) is 0 Å². The van der Waals surface area contributed by atoms with Crippen LogP contribution in [0.3, 0.4) is 0 Å². The molecular weight excluding hydrogens is 579 g/mol. The Morgan fingerprint density at radius 3 is 2.10 bits per heavy atom. The van der Waals surface area contributed by atoms with E-state index in [2.05, 4.69) is 22.9 Å². The number of unbranched alkanes of at least 4 members (excludes halogenated alkanes) is 7. The number of alkyl halides is 6. The highest BCUT2D eigenvalue weighted by Crippen LogP contribution is 2.72. The molecule has 0 heterocycles. The van der Waals surface area contributed by atoms with Crippen molar-refractivity contribution in [2.75, 3.05) is 5.33 Å². The number of fused-ring (bicyclic) bond motifs is 5. The lowest BCUT2D eigenvalue weighted by Crippen LogP contribution is -2.66. The molecule has 2 unspecified atom stereocenters. The molecule has 4 aliphatic rings. The Balaban J connectivity index is 1.54. The third-order valence-corrected chi connectivity index (χ3v) is 12.2. The molecule has 8 heteroatoms. The van der Waals surface area contributed by atoms with Crippen molar-refractivity contribution in [3.63, 3.8) is 0 Å². The van der Waals surface area contributed by atoms with Gasteiger partial charge < -0.3 is 5.11 Å². The van der Waals surface area contributed by atoms with Crippen molar-refractivity contribution in [3.8, 4) is 0 Å². The topological polar surface area (TPSA) is 37.3 Å². The zero-order chi connectivity index (χ0) is 28.7. The van der Waals surface area contributed by atoms with Gasteiger partial charge in [-0.05, 0) is 86.5 Å². The highest BCUT2D eigenvalue weighted by atomic mass is 79.9. The van der Waals surface area contributed by atoms with Gasteiger partial charge in [-0.2, -0.15) is 22.0 Å². The van der Waals surface area contributed by atoms with E-state index in [-0.39, 0.29) is 47.7 Å². The van der Waals surface area contributed by atoms with Gasteiger partial charge in [0.15, 0.2) is 5.78 Å². The predicted octanol–water partition coefficient (Wildman–Crippen LogP) is 9.58. The molecule has 0 bridgehead atoms. The number of hydrogen-bond donors (Lipinski definition) is 1. The molecule has 0 saturated heterocycles. The molecule has 2 nitrogen and oxygen atoms in total. The molecule has 0 aromatic heterocycles. The standard InChI is InChI=1S/C31H46BrF5O2/c1-27-15-12-23(38)20-22(27)19-21(11-9-7-5-3-4-6-8-10-18-32)26-24(27)13-16-28(2)25(26)14-17-29(28,39)30(33,34)31(35,36)37/h20-21,24-26,39H,3-19H2,1-2H3/t21?,24-,25+,26-,27+,28+,29?/m1/s1. The van der Waals surface area contributed by atoms with E-state index in [1.54, 1.807) is 0 Å². The Morgan fingerprint density at radius 2 is 1.49 bits per heavy atom. The summed E-state index contributed by atoms with van der Waals surface area (Å²) < 4.78 is 70.7. The van der Waals surface area contributed by atoms with Crippen LogP contribution < -0.4 is 0 Å². The Bertz CT molecular complexity index is 919. The van der Waals surface area contributed by atoms with Crippen LogP contribution in [-0.4, -0.2) is 33.9 Å². The van der Waals surface area contributed by atoms with Crippen molar-refractivity contribution >= 4 is 21.7 Å². The largest absolute Gasteiger partial charge is 0.456 e. The van der Waals surface area contributed by atoms with Crippen molar-refractivity contribution < 1.29 is 31.9 Å². The number of carbonyl (C=O) groups excluding carboxylic acids is 1. The van der Waals surface area contributed by atoms with E-state index in [0.29, 0.717) is 19.3 Å². The molecule has 0 aromatic carbocycles. The Hall–Kier alpha value is -0.500. The third-order valence-electron chi connectivity index (χ3n) is 11.6. The fourth-order valence-corrected chi connectivity index (χ4v) is 9.72. The van der Waals surface area contributed by atoms with Crippen LogP contribution in [0, 0.1) is 34.5 Å². The second-order valence-electron chi connectivity index (χ2n) is 13.5. The number of ketones is 1. The Kier molecular flexibility index (Phi) is 9.39. The molecule has 0 radical (unpaired) electrons. The molecular formula is C31H46BrF5O2. The van der Waals surface area contributed by atoms with Gasteiger partial charge in [-0.1, -0.05) is 80.3 Å². The molecule has 1 N–H and O–H groups in total. The molecule has 0 aliphatic heterocycles. The Morgan fingerprint density at radius 1 is 0.897 bits per heavy atom. The quantitative estimate of drug-likeness (QED) is 0.141. The second-order valence-corrected chi connectivity index (χ2v) is 14.3. The molecule has 0 spiro atoms.